The molecule has 0 unspecified atom stereocenters. The van der Waals surface area contributed by atoms with E-state index in [4.69, 9.17) is 40.3 Å². The van der Waals surface area contributed by atoms with E-state index in [1.807, 2.05) is 43.3 Å². The highest BCUT2D eigenvalue weighted by atomic mass is 35.5. The SMILES string of the molecule is C=CCc1cc(/C=c2/sc3n(c2=O)[C@@H](c2ccc(OC)cc2OC)C(C(=O)OCC)=C(C)N=3)cc(OCC)c1OCc1ccc(Cl)cc1. The molecule has 1 atom stereocenters. The highest BCUT2D eigenvalue weighted by molar-refractivity contribution is 7.07. The van der Waals surface area contributed by atoms with Crippen LogP contribution in [0.1, 0.15) is 49.1 Å². The number of benzene rings is 3. The van der Waals surface area contributed by atoms with Gasteiger partial charge in [0.25, 0.3) is 5.56 Å². The molecule has 0 N–H and O–H groups in total. The molecule has 0 aliphatic carbocycles. The van der Waals surface area contributed by atoms with Crippen LogP contribution in [0.15, 0.2) is 88.3 Å². The smallest absolute Gasteiger partial charge is 0.338 e. The summed E-state index contributed by atoms with van der Waals surface area (Å²) in [5.41, 5.74) is 3.54. The second-order valence-corrected chi connectivity index (χ2v) is 12.2. The molecule has 48 heavy (non-hydrogen) atoms. The topological polar surface area (TPSA) is 97.6 Å². The van der Waals surface area contributed by atoms with Crippen LogP contribution in [0.5, 0.6) is 23.0 Å². The van der Waals surface area contributed by atoms with Crippen LogP contribution >= 0.6 is 22.9 Å². The van der Waals surface area contributed by atoms with Gasteiger partial charge in [0, 0.05) is 22.2 Å². The van der Waals surface area contributed by atoms with E-state index < -0.39 is 12.0 Å². The maximum atomic E-state index is 14.3. The third-order valence-corrected chi connectivity index (χ3v) is 8.90. The number of hydrogen-bond donors (Lipinski definition) is 0. The number of hydrogen-bond acceptors (Lipinski definition) is 9. The number of carbonyl (C=O) groups is 1. The van der Waals surface area contributed by atoms with Gasteiger partial charge in [0.1, 0.15) is 24.1 Å². The molecule has 2 heterocycles. The van der Waals surface area contributed by atoms with Crippen molar-refractivity contribution in [1.82, 2.24) is 4.57 Å². The summed E-state index contributed by atoms with van der Waals surface area (Å²) in [6.07, 6.45) is 4.10. The van der Waals surface area contributed by atoms with Crippen molar-refractivity contribution in [1.29, 1.82) is 0 Å². The van der Waals surface area contributed by atoms with Gasteiger partial charge in [-0.2, -0.15) is 0 Å². The van der Waals surface area contributed by atoms with Crippen molar-refractivity contribution in [2.45, 2.75) is 39.8 Å². The molecule has 0 spiro atoms. The van der Waals surface area contributed by atoms with Gasteiger partial charge in [-0.25, -0.2) is 9.79 Å². The predicted octanol–water partition coefficient (Wildman–Crippen LogP) is 6.18. The number of halogens is 1. The summed E-state index contributed by atoms with van der Waals surface area (Å²) in [6.45, 7) is 10.2. The second kappa shape index (κ2) is 15.4. The summed E-state index contributed by atoms with van der Waals surface area (Å²) in [5.74, 6) is 1.62. The molecule has 1 aromatic heterocycles. The van der Waals surface area contributed by atoms with E-state index in [1.54, 1.807) is 51.3 Å². The van der Waals surface area contributed by atoms with Crippen LogP contribution in [0.25, 0.3) is 6.08 Å². The number of thiazole rings is 1. The van der Waals surface area contributed by atoms with E-state index in [1.165, 1.54) is 23.0 Å². The quantitative estimate of drug-likeness (QED) is 0.122. The van der Waals surface area contributed by atoms with E-state index >= 15 is 0 Å². The lowest BCUT2D eigenvalue weighted by Crippen LogP contribution is -2.40. The van der Waals surface area contributed by atoms with Gasteiger partial charge < -0.3 is 23.7 Å². The molecular weight excluding hydrogens is 652 g/mol. The fraction of sp³-hybridized carbons (Fsp3) is 0.270. The number of rotatable bonds is 13. The first-order chi connectivity index (χ1) is 23.2. The number of fused-ring (bicyclic) bond motifs is 1. The van der Waals surface area contributed by atoms with E-state index in [0.717, 1.165) is 16.7 Å². The number of ether oxygens (including phenoxy) is 5. The molecule has 0 amide bonds. The van der Waals surface area contributed by atoms with Crippen LogP contribution in [0.3, 0.4) is 0 Å². The molecule has 0 fully saturated rings. The Kier molecular flexibility index (Phi) is 11.1. The first-order valence-electron chi connectivity index (χ1n) is 15.4. The fourth-order valence-corrected chi connectivity index (χ4v) is 6.69. The number of esters is 1. The minimum atomic E-state index is -0.845. The van der Waals surface area contributed by atoms with Crippen molar-refractivity contribution in [3.63, 3.8) is 0 Å². The summed E-state index contributed by atoms with van der Waals surface area (Å²) in [4.78, 5) is 32.8. The average Bonchev–Trinajstić information content (AvgIpc) is 3.38. The molecule has 250 valence electrons. The largest absolute Gasteiger partial charge is 0.497 e. The number of methoxy groups -OCH3 is 2. The summed E-state index contributed by atoms with van der Waals surface area (Å²) < 4.78 is 30.8. The maximum absolute atomic E-state index is 14.3. The molecule has 1 aliphatic heterocycles. The molecule has 0 saturated heterocycles. The Morgan fingerprint density at radius 1 is 1.02 bits per heavy atom. The molecule has 1 aliphatic rings. The van der Waals surface area contributed by atoms with Crippen LogP contribution in [-0.4, -0.2) is 38.0 Å². The van der Waals surface area contributed by atoms with Crippen molar-refractivity contribution in [2.24, 2.45) is 4.99 Å². The second-order valence-electron chi connectivity index (χ2n) is 10.8. The Labute approximate surface area is 288 Å². The highest BCUT2D eigenvalue weighted by Gasteiger charge is 2.35. The molecule has 9 nitrogen and oxygen atoms in total. The lowest BCUT2D eigenvalue weighted by Gasteiger charge is -2.26. The van der Waals surface area contributed by atoms with Gasteiger partial charge >= 0.3 is 5.97 Å². The summed E-state index contributed by atoms with van der Waals surface area (Å²) in [6, 6.07) is 15.7. The first-order valence-corrected chi connectivity index (χ1v) is 16.6. The van der Waals surface area contributed by atoms with Gasteiger partial charge in [-0.05, 0) is 80.8 Å². The number of nitrogens with zero attached hydrogens (tertiary/aromatic N) is 2. The van der Waals surface area contributed by atoms with Crippen LogP contribution in [0.4, 0.5) is 0 Å². The minimum absolute atomic E-state index is 0.168. The van der Waals surface area contributed by atoms with E-state index in [2.05, 4.69) is 6.58 Å². The number of allylic oxidation sites excluding steroid dienone is 2. The predicted molar refractivity (Wildman–Crippen MR) is 187 cm³/mol. The maximum Gasteiger partial charge on any atom is 0.338 e. The zero-order chi connectivity index (χ0) is 34.4. The van der Waals surface area contributed by atoms with Gasteiger partial charge in [-0.15, -0.1) is 6.58 Å². The molecule has 5 rings (SSSR count). The molecular formula is C37H37ClN2O7S. The zero-order valence-electron chi connectivity index (χ0n) is 27.5. The Morgan fingerprint density at radius 2 is 1.79 bits per heavy atom. The van der Waals surface area contributed by atoms with Crippen LogP contribution in [-0.2, 0) is 22.6 Å². The molecule has 0 saturated carbocycles. The van der Waals surface area contributed by atoms with Crippen molar-refractivity contribution >= 4 is 35.0 Å². The van der Waals surface area contributed by atoms with E-state index in [-0.39, 0.29) is 17.7 Å². The van der Waals surface area contributed by atoms with Crippen molar-refractivity contribution in [2.75, 3.05) is 27.4 Å². The van der Waals surface area contributed by atoms with E-state index in [0.29, 0.717) is 68.2 Å². The molecule has 0 bridgehead atoms. The Bertz CT molecular complexity index is 2050. The van der Waals surface area contributed by atoms with Crippen LogP contribution in [0, 0.1) is 0 Å². The van der Waals surface area contributed by atoms with Crippen LogP contribution in [0.2, 0.25) is 5.02 Å². The molecule has 11 heteroatoms. The normalized spacial score (nSPS) is 14.2. The molecule has 3 aromatic carbocycles. The molecule has 4 aromatic rings. The third kappa shape index (κ3) is 7.19. The summed E-state index contributed by atoms with van der Waals surface area (Å²) >= 11 is 7.29. The first kappa shape index (κ1) is 34.5. The lowest BCUT2D eigenvalue weighted by atomic mass is 9.95. The Balaban J connectivity index is 1.65. The Hall–Kier alpha value is -4.80. The van der Waals surface area contributed by atoms with Crippen molar-refractivity contribution in [3.05, 3.63) is 125 Å². The van der Waals surface area contributed by atoms with Gasteiger partial charge in [-0.1, -0.05) is 41.1 Å². The van der Waals surface area contributed by atoms with Gasteiger partial charge in [0.05, 0.1) is 43.2 Å². The average molecular weight is 689 g/mol. The molecule has 0 radical (unpaired) electrons. The van der Waals surface area contributed by atoms with Crippen molar-refractivity contribution in [3.8, 4) is 23.0 Å². The lowest BCUT2D eigenvalue weighted by molar-refractivity contribution is -0.139. The fourth-order valence-electron chi connectivity index (χ4n) is 5.52. The Morgan fingerprint density at radius 3 is 2.46 bits per heavy atom. The zero-order valence-corrected chi connectivity index (χ0v) is 29.1. The number of carbonyl (C=O) groups excluding carboxylic acids is 1. The van der Waals surface area contributed by atoms with Gasteiger partial charge in [-0.3, -0.25) is 9.36 Å². The summed E-state index contributed by atoms with van der Waals surface area (Å²) in [7, 11) is 3.09. The van der Waals surface area contributed by atoms with Gasteiger partial charge in [0.2, 0.25) is 0 Å². The minimum Gasteiger partial charge on any atom is -0.497 e. The highest BCUT2D eigenvalue weighted by Crippen LogP contribution is 2.38. The summed E-state index contributed by atoms with van der Waals surface area (Å²) in [5, 5.41) is 0.650. The van der Waals surface area contributed by atoms with Crippen molar-refractivity contribution < 1.29 is 28.5 Å². The van der Waals surface area contributed by atoms with Crippen LogP contribution < -0.4 is 33.8 Å². The van der Waals surface area contributed by atoms with Gasteiger partial charge in [0.15, 0.2) is 16.3 Å². The standard InChI is InChI=1S/C37H37ClN2O7S/c1-7-10-25-17-24(18-30(45-8-2)34(25)47-21-23-11-13-26(38)14-12-23)19-31-35(41)40-33(28-16-15-27(43-5)20-29(28)44-6)32(36(42)46-9-3)22(4)39-37(40)48-31/h7,11-20,33H,1,8-10,21H2,2-6H3/b31-19+/t33-/m0/s1. The van der Waals surface area contributed by atoms with E-state index in [9.17, 15) is 9.59 Å². The monoisotopic (exact) mass is 688 g/mol. The third-order valence-electron chi connectivity index (χ3n) is 7.66. The number of aromatic nitrogens is 1.